The molecule has 1 amide bonds. The van der Waals surface area contributed by atoms with Crippen LogP contribution in [0.2, 0.25) is 0 Å². The SMILES string of the molecule is O=C(CC1CCCN1)NC1(c2ccccc2F)CC1. The van der Waals surface area contributed by atoms with Gasteiger partial charge in [0.15, 0.2) is 0 Å². The van der Waals surface area contributed by atoms with E-state index >= 15 is 0 Å². The van der Waals surface area contributed by atoms with Gasteiger partial charge >= 0.3 is 0 Å². The van der Waals surface area contributed by atoms with E-state index in [2.05, 4.69) is 10.6 Å². The molecule has 4 heteroatoms. The smallest absolute Gasteiger partial charge is 0.222 e. The van der Waals surface area contributed by atoms with Gasteiger partial charge in [-0.05, 0) is 38.3 Å². The summed E-state index contributed by atoms with van der Waals surface area (Å²) in [6, 6.07) is 7.02. The standard InChI is InChI=1S/C15H19FN2O/c16-13-6-2-1-5-12(13)15(7-8-15)18-14(19)10-11-4-3-9-17-11/h1-2,5-6,11,17H,3-4,7-10H2,(H,18,19). The van der Waals surface area contributed by atoms with Crippen LogP contribution >= 0.6 is 0 Å². The Kier molecular flexibility index (Phi) is 3.27. The normalized spacial score (nSPS) is 24.2. The van der Waals surface area contributed by atoms with Gasteiger partial charge in [0.05, 0.1) is 5.54 Å². The molecule has 2 N–H and O–H groups in total. The van der Waals surface area contributed by atoms with Gasteiger partial charge in [-0.2, -0.15) is 0 Å². The zero-order valence-electron chi connectivity index (χ0n) is 10.9. The predicted octanol–water partition coefficient (Wildman–Crippen LogP) is 2.07. The van der Waals surface area contributed by atoms with Crippen LogP contribution in [0, 0.1) is 5.82 Å². The van der Waals surface area contributed by atoms with Crippen LogP contribution in [0.25, 0.3) is 0 Å². The van der Waals surface area contributed by atoms with Gasteiger partial charge in [0.1, 0.15) is 5.82 Å². The van der Waals surface area contributed by atoms with Crippen molar-refractivity contribution in [1.82, 2.24) is 10.6 Å². The fourth-order valence-corrected chi connectivity index (χ4v) is 2.91. The molecule has 3 nitrogen and oxygen atoms in total. The zero-order chi connectivity index (χ0) is 13.3. The Morgan fingerprint density at radius 3 is 2.84 bits per heavy atom. The lowest BCUT2D eigenvalue weighted by molar-refractivity contribution is -0.122. The first kappa shape index (κ1) is 12.6. The van der Waals surface area contributed by atoms with Gasteiger partial charge in [-0.15, -0.1) is 0 Å². The summed E-state index contributed by atoms with van der Waals surface area (Å²) < 4.78 is 13.8. The highest BCUT2D eigenvalue weighted by atomic mass is 19.1. The van der Waals surface area contributed by atoms with Crippen molar-refractivity contribution in [2.24, 2.45) is 0 Å². The summed E-state index contributed by atoms with van der Waals surface area (Å²) in [4.78, 5) is 12.1. The number of benzene rings is 1. The van der Waals surface area contributed by atoms with Gasteiger partial charge in [0, 0.05) is 18.0 Å². The Hall–Kier alpha value is -1.42. The topological polar surface area (TPSA) is 41.1 Å². The fourth-order valence-electron chi connectivity index (χ4n) is 2.91. The van der Waals surface area contributed by atoms with Crippen LogP contribution in [0.5, 0.6) is 0 Å². The first-order valence-corrected chi connectivity index (χ1v) is 6.99. The maximum atomic E-state index is 13.8. The highest BCUT2D eigenvalue weighted by Crippen LogP contribution is 2.46. The molecule has 1 atom stereocenters. The maximum absolute atomic E-state index is 13.8. The summed E-state index contributed by atoms with van der Waals surface area (Å²) in [6.45, 7) is 0.996. The average Bonchev–Trinajstić information content (AvgIpc) is 2.97. The van der Waals surface area contributed by atoms with E-state index in [9.17, 15) is 9.18 Å². The molecule has 1 aliphatic heterocycles. The number of nitrogens with one attached hydrogen (secondary N) is 2. The molecule has 3 rings (SSSR count). The van der Waals surface area contributed by atoms with Gasteiger partial charge in [-0.1, -0.05) is 18.2 Å². The van der Waals surface area contributed by atoms with Crippen molar-refractivity contribution in [2.45, 2.75) is 43.7 Å². The predicted molar refractivity (Wildman–Crippen MR) is 71.1 cm³/mol. The fraction of sp³-hybridized carbons (Fsp3) is 0.533. The van der Waals surface area contributed by atoms with Crippen molar-refractivity contribution in [3.63, 3.8) is 0 Å². The molecule has 2 fully saturated rings. The zero-order valence-corrected chi connectivity index (χ0v) is 10.9. The Morgan fingerprint density at radius 1 is 1.42 bits per heavy atom. The van der Waals surface area contributed by atoms with Crippen molar-refractivity contribution in [1.29, 1.82) is 0 Å². The van der Waals surface area contributed by atoms with Crippen LogP contribution in [-0.2, 0) is 10.3 Å². The highest BCUT2D eigenvalue weighted by molar-refractivity contribution is 5.78. The van der Waals surface area contributed by atoms with Gasteiger partial charge in [0.2, 0.25) is 5.91 Å². The Balaban J connectivity index is 1.65. The summed E-state index contributed by atoms with van der Waals surface area (Å²) in [7, 11) is 0. The van der Waals surface area contributed by atoms with E-state index in [4.69, 9.17) is 0 Å². The quantitative estimate of drug-likeness (QED) is 0.872. The minimum atomic E-state index is -0.443. The third-order valence-corrected chi connectivity index (χ3v) is 4.11. The molecule has 1 unspecified atom stereocenters. The lowest BCUT2D eigenvalue weighted by Gasteiger charge is -2.20. The molecule has 1 aromatic carbocycles. The number of carbonyl (C=O) groups excluding carboxylic acids is 1. The van der Waals surface area contributed by atoms with E-state index in [-0.39, 0.29) is 17.8 Å². The molecule has 102 valence electrons. The van der Waals surface area contributed by atoms with Crippen molar-refractivity contribution in [3.8, 4) is 0 Å². The largest absolute Gasteiger partial charge is 0.346 e. The molecule has 19 heavy (non-hydrogen) atoms. The van der Waals surface area contributed by atoms with E-state index in [0.717, 1.165) is 32.2 Å². The van der Waals surface area contributed by atoms with Crippen molar-refractivity contribution in [2.75, 3.05) is 6.54 Å². The molecule has 0 bridgehead atoms. The molecule has 0 spiro atoms. The van der Waals surface area contributed by atoms with Gasteiger partial charge in [-0.3, -0.25) is 4.79 Å². The first-order valence-electron chi connectivity index (χ1n) is 6.99. The molecule has 0 radical (unpaired) electrons. The molecule has 0 aromatic heterocycles. The molecule has 1 heterocycles. The van der Waals surface area contributed by atoms with Crippen molar-refractivity contribution >= 4 is 5.91 Å². The summed E-state index contributed by atoms with van der Waals surface area (Å²) in [6.07, 6.45) is 4.35. The highest BCUT2D eigenvalue weighted by Gasteiger charge is 2.47. The van der Waals surface area contributed by atoms with Gasteiger partial charge < -0.3 is 10.6 Å². The van der Waals surface area contributed by atoms with E-state index in [1.807, 2.05) is 6.07 Å². The second kappa shape index (κ2) is 4.93. The van der Waals surface area contributed by atoms with Gasteiger partial charge in [-0.25, -0.2) is 4.39 Å². The third kappa shape index (κ3) is 2.63. The molecule has 2 aliphatic rings. The summed E-state index contributed by atoms with van der Waals surface area (Å²) in [5, 5.41) is 6.34. The van der Waals surface area contributed by atoms with E-state index in [1.54, 1.807) is 12.1 Å². The lowest BCUT2D eigenvalue weighted by atomic mass is 10.0. The van der Waals surface area contributed by atoms with E-state index in [0.29, 0.717) is 12.0 Å². The van der Waals surface area contributed by atoms with Crippen LogP contribution in [0.1, 0.15) is 37.7 Å². The number of rotatable bonds is 4. The average molecular weight is 262 g/mol. The summed E-state index contributed by atoms with van der Waals surface area (Å²) in [5.41, 5.74) is 0.184. The monoisotopic (exact) mass is 262 g/mol. The van der Waals surface area contributed by atoms with Crippen molar-refractivity contribution in [3.05, 3.63) is 35.6 Å². The Morgan fingerprint density at radius 2 is 2.21 bits per heavy atom. The minimum Gasteiger partial charge on any atom is -0.346 e. The molecule has 1 aliphatic carbocycles. The summed E-state index contributed by atoms with van der Waals surface area (Å²) >= 11 is 0. The number of carbonyl (C=O) groups is 1. The first-order chi connectivity index (χ1) is 9.20. The van der Waals surface area contributed by atoms with Crippen molar-refractivity contribution < 1.29 is 9.18 Å². The van der Waals surface area contributed by atoms with E-state index in [1.165, 1.54) is 6.07 Å². The van der Waals surface area contributed by atoms with Crippen LogP contribution in [0.3, 0.4) is 0 Å². The lowest BCUT2D eigenvalue weighted by Crippen LogP contribution is -2.38. The molecular formula is C15H19FN2O. The number of amides is 1. The number of hydrogen-bond donors (Lipinski definition) is 2. The second-order valence-corrected chi connectivity index (χ2v) is 5.61. The third-order valence-electron chi connectivity index (χ3n) is 4.11. The Bertz CT molecular complexity index is 479. The summed E-state index contributed by atoms with van der Waals surface area (Å²) in [5.74, 6) is -0.195. The molecular weight excluding hydrogens is 243 g/mol. The van der Waals surface area contributed by atoms with Gasteiger partial charge in [0.25, 0.3) is 0 Å². The maximum Gasteiger partial charge on any atom is 0.222 e. The molecule has 1 saturated heterocycles. The number of halogens is 1. The van der Waals surface area contributed by atoms with Crippen LogP contribution in [0.15, 0.2) is 24.3 Å². The second-order valence-electron chi connectivity index (χ2n) is 5.61. The minimum absolute atomic E-state index is 0.0279. The molecule has 1 aromatic rings. The Labute approximate surface area is 112 Å². The van der Waals surface area contributed by atoms with E-state index < -0.39 is 5.54 Å². The molecule has 1 saturated carbocycles. The number of hydrogen-bond acceptors (Lipinski definition) is 2. The van der Waals surface area contributed by atoms with Crippen LogP contribution in [0.4, 0.5) is 4.39 Å². The van der Waals surface area contributed by atoms with Crippen LogP contribution in [-0.4, -0.2) is 18.5 Å². The van der Waals surface area contributed by atoms with Crippen LogP contribution < -0.4 is 10.6 Å².